The molecular weight excluding hydrogens is 334 g/mol. The van der Waals surface area contributed by atoms with E-state index in [1.807, 2.05) is 16.3 Å². The molecule has 3 unspecified atom stereocenters. The van der Waals surface area contributed by atoms with Crippen molar-refractivity contribution in [1.82, 2.24) is 4.90 Å². The molecule has 0 radical (unpaired) electrons. The third kappa shape index (κ3) is 3.19. The SMILES string of the molecule is NC1CCC2CN(C(=O)c3cccc(NC(=O)c4cccs4)c3)CC12. The second kappa shape index (κ2) is 6.61. The Morgan fingerprint density at radius 2 is 2.04 bits per heavy atom. The first-order valence-electron chi connectivity index (χ1n) is 8.61. The molecule has 1 saturated heterocycles. The van der Waals surface area contributed by atoms with Gasteiger partial charge in [-0.1, -0.05) is 12.1 Å². The van der Waals surface area contributed by atoms with Gasteiger partial charge in [-0.3, -0.25) is 9.59 Å². The maximum atomic E-state index is 12.8. The van der Waals surface area contributed by atoms with Gasteiger partial charge in [-0.15, -0.1) is 11.3 Å². The number of hydrogen-bond donors (Lipinski definition) is 2. The van der Waals surface area contributed by atoms with Gasteiger partial charge in [0.2, 0.25) is 0 Å². The second-order valence-corrected chi connectivity index (χ2v) is 7.84. The van der Waals surface area contributed by atoms with Gasteiger partial charge in [0, 0.05) is 30.4 Å². The molecular formula is C19H21N3O2S. The van der Waals surface area contributed by atoms with Crippen LogP contribution in [0.2, 0.25) is 0 Å². The van der Waals surface area contributed by atoms with E-state index in [9.17, 15) is 9.59 Å². The Kier molecular flexibility index (Phi) is 4.31. The Bertz CT molecular complexity index is 790. The van der Waals surface area contributed by atoms with Gasteiger partial charge >= 0.3 is 0 Å². The Labute approximate surface area is 150 Å². The van der Waals surface area contributed by atoms with Gasteiger partial charge in [0.05, 0.1) is 4.88 Å². The summed E-state index contributed by atoms with van der Waals surface area (Å²) in [7, 11) is 0. The second-order valence-electron chi connectivity index (χ2n) is 6.89. The van der Waals surface area contributed by atoms with Crippen molar-refractivity contribution < 1.29 is 9.59 Å². The predicted octanol–water partition coefficient (Wildman–Crippen LogP) is 2.81. The van der Waals surface area contributed by atoms with Crippen LogP contribution in [0.5, 0.6) is 0 Å². The van der Waals surface area contributed by atoms with Crippen LogP contribution in [-0.2, 0) is 0 Å². The summed E-state index contributed by atoms with van der Waals surface area (Å²) in [5.41, 5.74) is 7.41. The van der Waals surface area contributed by atoms with Crippen molar-refractivity contribution in [2.24, 2.45) is 17.6 Å². The van der Waals surface area contributed by atoms with Gasteiger partial charge in [-0.05, 0) is 54.3 Å². The fourth-order valence-electron chi connectivity index (χ4n) is 3.99. The number of likely N-dealkylation sites (tertiary alicyclic amines) is 1. The van der Waals surface area contributed by atoms with E-state index in [0.717, 1.165) is 25.9 Å². The number of amides is 2. The molecule has 1 aromatic heterocycles. The highest BCUT2D eigenvalue weighted by atomic mass is 32.1. The average molecular weight is 355 g/mol. The van der Waals surface area contributed by atoms with E-state index in [4.69, 9.17) is 5.73 Å². The number of anilines is 1. The summed E-state index contributed by atoms with van der Waals surface area (Å²) >= 11 is 1.39. The van der Waals surface area contributed by atoms with E-state index >= 15 is 0 Å². The van der Waals surface area contributed by atoms with Gasteiger partial charge in [0.25, 0.3) is 11.8 Å². The van der Waals surface area contributed by atoms with Gasteiger partial charge in [-0.2, -0.15) is 0 Å². The number of carbonyl (C=O) groups excluding carboxylic acids is 2. The molecule has 0 bridgehead atoms. The van der Waals surface area contributed by atoms with Crippen LogP contribution in [0.1, 0.15) is 32.9 Å². The minimum atomic E-state index is -0.152. The van der Waals surface area contributed by atoms with Crippen molar-refractivity contribution in [3.63, 3.8) is 0 Å². The summed E-state index contributed by atoms with van der Waals surface area (Å²) in [6.45, 7) is 1.54. The smallest absolute Gasteiger partial charge is 0.265 e. The molecule has 2 fully saturated rings. The van der Waals surface area contributed by atoms with Crippen LogP contribution in [-0.4, -0.2) is 35.8 Å². The normalized spacial score (nSPS) is 25.0. The number of benzene rings is 1. The highest BCUT2D eigenvalue weighted by molar-refractivity contribution is 7.12. The number of nitrogens with one attached hydrogen (secondary N) is 1. The number of nitrogens with zero attached hydrogens (tertiary/aromatic N) is 1. The quantitative estimate of drug-likeness (QED) is 0.889. The van der Waals surface area contributed by atoms with E-state index in [0.29, 0.717) is 28.0 Å². The fraction of sp³-hybridized carbons (Fsp3) is 0.368. The molecule has 1 aliphatic heterocycles. The molecule has 2 aromatic rings. The number of carbonyl (C=O) groups is 2. The fourth-order valence-corrected chi connectivity index (χ4v) is 4.61. The highest BCUT2D eigenvalue weighted by Gasteiger charge is 2.42. The van der Waals surface area contributed by atoms with Crippen LogP contribution < -0.4 is 11.1 Å². The number of rotatable bonds is 3. The minimum Gasteiger partial charge on any atom is -0.338 e. The molecule has 5 nitrogen and oxygen atoms in total. The zero-order chi connectivity index (χ0) is 17.4. The summed E-state index contributed by atoms with van der Waals surface area (Å²) in [5.74, 6) is 0.849. The van der Waals surface area contributed by atoms with Gasteiger partial charge in [0.1, 0.15) is 0 Å². The van der Waals surface area contributed by atoms with Crippen molar-refractivity contribution in [3.05, 3.63) is 52.2 Å². The van der Waals surface area contributed by atoms with Gasteiger partial charge in [0.15, 0.2) is 0 Å². The van der Waals surface area contributed by atoms with Crippen molar-refractivity contribution in [1.29, 1.82) is 0 Å². The maximum absolute atomic E-state index is 12.8. The summed E-state index contributed by atoms with van der Waals surface area (Å²) in [6.07, 6.45) is 2.19. The summed E-state index contributed by atoms with van der Waals surface area (Å²) < 4.78 is 0. The number of thiophene rings is 1. The van der Waals surface area contributed by atoms with Crippen LogP contribution in [0.25, 0.3) is 0 Å². The first-order valence-corrected chi connectivity index (χ1v) is 9.49. The Morgan fingerprint density at radius 3 is 2.80 bits per heavy atom. The molecule has 1 aliphatic carbocycles. The monoisotopic (exact) mass is 355 g/mol. The highest BCUT2D eigenvalue weighted by Crippen LogP contribution is 2.37. The maximum Gasteiger partial charge on any atom is 0.265 e. The molecule has 3 atom stereocenters. The van der Waals surface area contributed by atoms with Gasteiger partial charge < -0.3 is 16.0 Å². The van der Waals surface area contributed by atoms with E-state index in [1.165, 1.54) is 11.3 Å². The van der Waals surface area contributed by atoms with E-state index in [-0.39, 0.29) is 17.9 Å². The van der Waals surface area contributed by atoms with Crippen molar-refractivity contribution in [2.75, 3.05) is 18.4 Å². The zero-order valence-corrected chi connectivity index (χ0v) is 14.7. The van der Waals surface area contributed by atoms with Crippen molar-refractivity contribution in [3.8, 4) is 0 Å². The molecule has 4 rings (SSSR count). The zero-order valence-electron chi connectivity index (χ0n) is 13.9. The molecule has 1 aromatic carbocycles. The first-order chi connectivity index (χ1) is 12.1. The van der Waals surface area contributed by atoms with Crippen LogP contribution in [0.3, 0.4) is 0 Å². The Balaban J connectivity index is 1.46. The van der Waals surface area contributed by atoms with Crippen LogP contribution in [0.15, 0.2) is 41.8 Å². The molecule has 1 saturated carbocycles. The lowest BCUT2D eigenvalue weighted by Crippen LogP contribution is -2.33. The summed E-state index contributed by atoms with van der Waals surface area (Å²) in [4.78, 5) is 27.6. The molecule has 2 amide bonds. The average Bonchev–Trinajstić information content (AvgIpc) is 3.33. The lowest BCUT2D eigenvalue weighted by atomic mass is 9.98. The lowest BCUT2D eigenvalue weighted by Gasteiger charge is -2.19. The summed E-state index contributed by atoms with van der Waals surface area (Å²) in [6, 6.07) is 11.0. The number of hydrogen-bond acceptors (Lipinski definition) is 4. The lowest BCUT2D eigenvalue weighted by molar-refractivity contribution is 0.0779. The molecule has 6 heteroatoms. The number of nitrogens with two attached hydrogens (primary N) is 1. The standard InChI is InChI=1S/C19H21N3O2S/c20-16-7-6-13-10-22(11-15(13)16)19(24)12-3-1-4-14(9-12)21-18(23)17-5-2-8-25-17/h1-5,8-9,13,15-16H,6-7,10-11,20H2,(H,21,23). The van der Waals surface area contributed by atoms with Crippen molar-refractivity contribution >= 4 is 28.8 Å². The topological polar surface area (TPSA) is 75.4 Å². The molecule has 25 heavy (non-hydrogen) atoms. The molecule has 130 valence electrons. The first kappa shape index (κ1) is 16.3. The summed E-state index contributed by atoms with van der Waals surface area (Å²) in [5, 5.41) is 4.72. The molecule has 2 aliphatic rings. The third-order valence-corrected chi connectivity index (χ3v) is 6.18. The molecule has 3 N–H and O–H groups in total. The van der Waals surface area contributed by atoms with Crippen LogP contribution in [0, 0.1) is 11.8 Å². The largest absolute Gasteiger partial charge is 0.338 e. The molecule has 2 heterocycles. The van der Waals surface area contributed by atoms with E-state index < -0.39 is 0 Å². The van der Waals surface area contributed by atoms with Crippen molar-refractivity contribution in [2.45, 2.75) is 18.9 Å². The minimum absolute atomic E-state index is 0.0221. The van der Waals surface area contributed by atoms with Crippen LogP contribution in [0.4, 0.5) is 5.69 Å². The van der Waals surface area contributed by atoms with E-state index in [1.54, 1.807) is 30.3 Å². The Hall–Kier alpha value is -2.18. The van der Waals surface area contributed by atoms with Crippen LogP contribution >= 0.6 is 11.3 Å². The number of fused-ring (bicyclic) bond motifs is 1. The third-order valence-electron chi connectivity index (χ3n) is 5.31. The predicted molar refractivity (Wildman–Crippen MR) is 98.8 cm³/mol. The van der Waals surface area contributed by atoms with Gasteiger partial charge in [-0.25, -0.2) is 0 Å². The Morgan fingerprint density at radius 1 is 1.16 bits per heavy atom. The van der Waals surface area contributed by atoms with E-state index in [2.05, 4.69) is 5.32 Å². The molecule has 0 spiro atoms.